The number of ether oxygens (including phenoxy) is 2. The van der Waals surface area contributed by atoms with Gasteiger partial charge in [0.1, 0.15) is 17.4 Å². The number of hydrogen-bond acceptors (Lipinski definition) is 6. The molecule has 2 rings (SSSR count). The number of hydrogen-bond donors (Lipinski definition) is 0. The van der Waals surface area contributed by atoms with Gasteiger partial charge in [0.15, 0.2) is 6.61 Å². The molecule has 5 nitrogen and oxygen atoms in total. The number of thiophene rings is 1. The van der Waals surface area contributed by atoms with E-state index in [9.17, 15) is 9.59 Å². The van der Waals surface area contributed by atoms with Crippen LogP contribution >= 0.6 is 11.3 Å². The van der Waals surface area contributed by atoms with E-state index in [2.05, 4.69) is 0 Å². The third-order valence-corrected chi connectivity index (χ3v) is 3.88. The number of nitrogens with zero attached hydrogens (tertiary/aromatic N) is 1. The van der Waals surface area contributed by atoms with Gasteiger partial charge in [-0.1, -0.05) is 18.2 Å². The first kappa shape index (κ1) is 17.4. The van der Waals surface area contributed by atoms with Crippen molar-refractivity contribution in [3.63, 3.8) is 0 Å². The Morgan fingerprint density at radius 2 is 2.00 bits per heavy atom. The molecule has 0 amide bonds. The van der Waals surface area contributed by atoms with Crippen LogP contribution in [-0.4, -0.2) is 25.0 Å². The van der Waals surface area contributed by atoms with Crippen molar-refractivity contribution in [3.8, 4) is 11.8 Å². The average Bonchev–Trinajstić information content (AvgIpc) is 3.13. The molecule has 2 aromatic rings. The van der Waals surface area contributed by atoms with Crippen LogP contribution in [0.1, 0.15) is 22.2 Å². The first-order valence-electron chi connectivity index (χ1n) is 7.22. The molecule has 1 heterocycles. The van der Waals surface area contributed by atoms with E-state index in [4.69, 9.17) is 14.7 Å². The number of benzene rings is 1. The second-order valence-corrected chi connectivity index (χ2v) is 5.60. The Kier molecular flexibility index (Phi) is 6.29. The Hall–Kier alpha value is -2.91. The molecule has 0 N–H and O–H groups in total. The minimum absolute atomic E-state index is 0.168. The topological polar surface area (TPSA) is 76.4 Å². The van der Waals surface area contributed by atoms with Gasteiger partial charge in [-0.2, -0.15) is 5.26 Å². The standard InChI is InChI=1S/C18H15NO4S/c1-2-22-15-7-5-13(6-8-15)10-14(11-19)18(21)23-12-16(20)17-4-3-9-24-17/h3-10H,2,12H2,1H3/b14-10+. The molecule has 0 fully saturated rings. The van der Waals surface area contributed by atoms with E-state index in [1.54, 1.807) is 47.8 Å². The number of Topliss-reactive ketones (excluding diaryl/α,β-unsaturated/α-hetero) is 1. The van der Waals surface area contributed by atoms with E-state index in [1.807, 2.05) is 6.92 Å². The predicted octanol–water partition coefficient (Wildman–Crippen LogP) is 3.48. The lowest BCUT2D eigenvalue weighted by Gasteiger charge is -2.04. The highest BCUT2D eigenvalue weighted by molar-refractivity contribution is 7.12. The zero-order chi connectivity index (χ0) is 17.4. The molecule has 6 heteroatoms. The van der Waals surface area contributed by atoms with Crippen molar-refractivity contribution in [2.24, 2.45) is 0 Å². The number of esters is 1. The average molecular weight is 341 g/mol. The number of nitriles is 1. The van der Waals surface area contributed by atoms with E-state index in [-0.39, 0.29) is 18.0 Å². The molecule has 1 aromatic carbocycles. The number of carbonyl (C=O) groups is 2. The van der Waals surface area contributed by atoms with Gasteiger partial charge in [0.05, 0.1) is 11.5 Å². The Labute approximate surface area is 143 Å². The molecule has 0 saturated heterocycles. The van der Waals surface area contributed by atoms with Gasteiger partial charge in [0, 0.05) is 0 Å². The Bertz CT molecular complexity index is 770. The largest absolute Gasteiger partial charge is 0.494 e. The van der Waals surface area contributed by atoms with Crippen LogP contribution in [0.3, 0.4) is 0 Å². The van der Waals surface area contributed by atoms with Crippen molar-refractivity contribution in [1.82, 2.24) is 0 Å². The zero-order valence-electron chi connectivity index (χ0n) is 13.0. The minimum Gasteiger partial charge on any atom is -0.494 e. The summed E-state index contributed by atoms with van der Waals surface area (Å²) in [7, 11) is 0. The van der Waals surface area contributed by atoms with Gasteiger partial charge in [-0.15, -0.1) is 11.3 Å². The molecule has 0 saturated carbocycles. The van der Waals surface area contributed by atoms with Crippen molar-refractivity contribution in [2.75, 3.05) is 13.2 Å². The molecular weight excluding hydrogens is 326 g/mol. The van der Waals surface area contributed by atoms with Crippen molar-refractivity contribution >= 4 is 29.2 Å². The normalized spacial score (nSPS) is 10.8. The van der Waals surface area contributed by atoms with E-state index < -0.39 is 5.97 Å². The highest BCUT2D eigenvalue weighted by Crippen LogP contribution is 2.15. The lowest BCUT2D eigenvalue weighted by atomic mass is 10.1. The third-order valence-electron chi connectivity index (χ3n) is 2.97. The quantitative estimate of drug-likeness (QED) is 0.333. The van der Waals surface area contributed by atoms with Gasteiger partial charge in [-0.05, 0) is 42.1 Å². The first-order valence-corrected chi connectivity index (χ1v) is 8.10. The van der Waals surface area contributed by atoms with Crippen LogP contribution in [0.4, 0.5) is 0 Å². The van der Waals surface area contributed by atoms with Crippen molar-refractivity contribution in [3.05, 3.63) is 57.8 Å². The summed E-state index contributed by atoms with van der Waals surface area (Å²) in [5.74, 6) is -0.412. The van der Waals surface area contributed by atoms with Gasteiger partial charge in [-0.25, -0.2) is 4.79 Å². The summed E-state index contributed by atoms with van der Waals surface area (Å²) in [5.41, 5.74) is 0.495. The van der Waals surface area contributed by atoms with Gasteiger partial charge < -0.3 is 9.47 Å². The second kappa shape index (κ2) is 8.65. The molecule has 1 aromatic heterocycles. The van der Waals surface area contributed by atoms with Crippen molar-refractivity contribution in [1.29, 1.82) is 5.26 Å². The fourth-order valence-electron chi connectivity index (χ4n) is 1.85. The molecule has 0 aliphatic heterocycles. The van der Waals surface area contributed by atoms with Crippen LogP contribution < -0.4 is 4.74 Å². The Balaban J connectivity index is 2.00. The Morgan fingerprint density at radius 3 is 2.58 bits per heavy atom. The van der Waals surface area contributed by atoms with Crippen LogP contribution in [0.25, 0.3) is 6.08 Å². The highest BCUT2D eigenvalue weighted by atomic mass is 32.1. The maximum atomic E-state index is 11.9. The molecule has 0 bridgehead atoms. The SMILES string of the molecule is CCOc1ccc(/C=C(\C#N)C(=O)OCC(=O)c2cccs2)cc1. The predicted molar refractivity (Wildman–Crippen MR) is 90.8 cm³/mol. The van der Waals surface area contributed by atoms with Gasteiger partial charge >= 0.3 is 5.97 Å². The fourth-order valence-corrected chi connectivity index (χ4v) is 2.50. The second-order valence-electron chi connectivity index (χ2n) is 4.65. The molecule has 0 spiro atoms. The molecule has 0 aliphatic rings. The molecule has 122 valence electrons. The molecule has 24 heavy (non-hydrogen) atoms. The van der Waals surface area contributed by atoms with Crippen LogP contribution in [0.5, 0.6) is 5.75 Å². The van der Waals surface area contributed by atoms with Crippen molar-refractivity contribution in [2.45, 2.75) is 6.92 Å². The summed E-state index contributed by atoms with van der Waals surface area (Å²) < 4.78 is 10.2. The maximum Gasteiger partial charge on any atom is 0.349 e. The van der Waals surface area contributed by atoms with Gasteiger partial charge in [0.2, 0.25) is 5.78 Å². The van der Waals surface area contributed by atoms with Crippen LogP contribution in [0.15, 0.2) is 47.4 Å². The number of rotatable bonds is 7. The zero-order valence-corrected chi connectivity index (χ0v) is 13.8. The summed E-state index contributed by atoms with van der Waals surface area (Å²) in [6, 6.07) is 12.1. The molecule has 0 aliphatic carbocycles. The van der Waals surface area contributed by atoms with Crippen molar-refractivity contribution < 1.29 is 19.1 Å². The van der Waals surface area contributed by atoms with Gasteiger partial charge in [0.25, 0.3) is 0 Å². The maximum absolute atomic E-state index is 11.9. The van der Waals surface area contributed by atoms with Gasteiger partial charge in [-0.3, -0.25) is 4.79 Å². The monoisotopic (exact) mass is 341 g/mol. The lowest BCUT2D eigenvalue weighted by molar-refractivity contribution is -0.137. The summed E-state index contributed by atoms with van der Waals surface area (Å²) in [4.78, 5) is 24.2. The van der Waals surface area contributed by atoms with Crippen LogP contribution in [-0.2, 0) is 9.53 Å². The third kappa shape index (κ3) is 4.80. The summed E-state index contributed by atoms with van der Waals surface area (Å²) in [6.45, 7) is 2.06. The summed E-state index contributed by atoms with van der Waals surface area (Å²) in [5, 5.41) is 10.9. The van der Waals surface area contributed by atoms with E-state index >= 15 is 0 Å². The first-order chi connectivity index (χ1) is 11.6. The molecule has 0 radical (unpaired) electrons. The minimum atomic E-state index is -0.823. The lowest BCUT2D eigenvalue weighted by Crippen LogP contribution is -2.14. The van der Waals surface area contributed by atoms with Crippen LogP contribution in [0.2, 0.25) is 0 Å². The van der Waals surface area contributed by atoms with E-state index in [0.29, 0.717) is 22.8 Å². The van der Waals surface area contributed by atoms with E-state index in [1.165, 1.54) is 17.4 Å². The Morgan fingerprint density at radius 1 is 1.25 bits per heavy atom. The highest BCUT2D eigenvalue weighted by Gasteiger charge is 2.14. The molecular formula is C18H15NO4S. The van der Waals surface area contributed by atoms with Crippen LogP contribution in [0, 0.1) is 11.3 Å². The fraction of sp³-hybridized carbons (Fsp3) is 0.167. The number of carbonyl (C=O) groups excluding carboxylic acids is 2. The summed E-state index contributed by atoms with van der Waals surface area (Å²) in [6.07, 6.45) is 1.41. The molecule has 0 atom stereocenters. The molecule has 0 unspecified atom stereocenters. The summed E-state index contributed by atoms with van der Waals surface area (Å²) >= 11 is 1.27. The number of ketones is 1. The van der Waals surface area contributed by atoms with E-state index in [0.717, 1.165) is 0 Å². The smallest absolute Gasteiger partial charge is 0.349 e.